The van der Waals surface area contributed by atoms with Gasteiger partial charge in [-0.05, 0) is 49.9 Å². The van der Waals surface area contributed by atoms with Gasteiger partial charge in [-0.2, -0.15) is 0 Å². The summed E-state index contributed by atoms with van der Waals surface area (Å²) in [6.45, 7) is 4.67. The van der Waals surface area contributed by atoms with Crippen LogP contribution >= 0.6 is 0 Å². The van der Waals surface area contributed by atoms with Crippen molar-refractivity contribution in [2.24, 2.45) is 5.41 Å². The van der Waals surface area contributed by atoms with Gasteiger partial charge in [-0.25, -0.2) is 8.42 Å². The van der Waals surface area contributed by atoms with Crippen molar-refractivity contribution in [2.75, 3.05) is 44.9 Å². The second-order valence-corrected chi connectivity index (χ2v) is 10.5. The predicted molar refractivity (Wildman–Crippen MR) is 112 cm³/mol. The van der Waals surface area contributed by atoms with Gasteiger partial charge in [-0.3, -0.25) is 9.69 Å². The van der Waals surface area contributed by atoms with Crippen LogP contribution in [0.2, 0.25) is 0 Å². The van der Waals surface area contributed by atoms with E-state index in [1.165, 1.54) is 6.92 Å². The van der Waals surface area contributed by atoms with Gasteiger partial charge < -0.3 is 14.5 Å². The summed E-state index contributed by atoms with van der Waals surface area (Å²) >= 11 is 0. The van der Waals surface area contributed by atoms with Crippen molar-refractivity contribution in [3.05, 3.63) is 23.9 Å². The van der Waals surface area contributed by atoms with Crippen molar-refractivity contribution < 1.29 is 22.7 Å². The molecule has 0 radical (unpaired) electrons. The van der Waals surface area contributed by atoms with Crippen molar-refractivity contribution >= 4 is 26.5 Å². The summed E-state index contributed by atoms with van der Waals surface area (Å²) < 4.78 is 35.1. The minimum Gasteiger partial charge on any atom is -0.493 e. The molecule has 2 fully saturated rings. The van der Waals surface area contributed by atoms with E-state index in [-0.39, 0.29) is 11.2 Å². The highest BCUT2D eigenvalue weighted by atomic mass is 32.2. The molecule has 2 saturated heterocycles. The maximum absolute atomic E-state index is 11.8. The van der Waals surface area contributed by atoms with E-state index < -0.39 is 9.84 Å². The number of nitrogens with zero attached hydrogens (tertiary/aromatic N) is 1. The number of carbonyl (C=O) groups is 1. The molecule has 1 aromatic carbocycles. The van der Waals surface area contributed by atoms with Crippen LogP contribution in [0.5, 0.6) is 11.5 Å². The number of hydrogen-bond acceptors (Lipinski definition) is 6. The number of ketones is 1. The van der Waals surface area contributed by atoms with Gasteiger partial charge in [-0.1, -0.05) is 0 Å². The van der Waals surface area contributed by atoms with Gasteiger partial charge >= 0.3 is 0 Å². The number of Topliss-reactive ketones (excluding diaryl/α,β-unsaturated/α-hetero) is 1. The molecule has 1 spiro atoms. The maximum atomic E-state index is 11.8. The van der Waals surface area contributed by atoms with Gasteiger partial charge in [0.25, 0.3) is 0 Å². The van der Waals surface area contributed by atoms with Crippen LogP contribution in [-0.4, -0.2) is 68.9 Å². The molecule has 2 aromatic rings. The first-order chi connectivity index (χ1) is 13.8. The number of rotatable bonds is 6. The molecular formula is C21H28N2O5S. The second-order valence-electron chi connectivity index (χ2n) is 8.36. The first-order valence-electron chi connectivity index (χ1n) is 10.1. The second kappa shape index (κ2) is 7.65. The van der Waals surface area contributed by atoms with E-state index in [1.807, 2.05) is 18.2 Å². The number of carbonyl (C=O) groups excluding carboxylic acids is 1. The Morgan fingerprint density at radius 2 is 1.93 bits per heavy atom. The molecular weight excluding hydrogens is 392 g/mol. The summed E-state index contributed by atoms with van der Waals surface area (Å²) in [5.41, 5.74) is 1.41. The Kier molecular flexibility index (Phi) is 5.33. The Hall–Kier alpha value is -2.06. The molecule has 4 rings (SSSR count). The van der Waals surface area contributed by atoms with E-state index in [2.05, 4.69) is 9.88 Å². The van der Waals surface area contributed by atoms with E-state index in [4.69, 9.17) is 9.47 Å². The van der Waals surface area contributed by atoms with E-state index in [0.29, 0.717) is 35.3 Å². The summed E-state index contributed by atoms with van der Waals surface area (Å²) in [6, 6.07) is 5.57. The van der Waals surface area contributed by atoms with Crippen LogP contribution in [0.15, 0.2) is 18.2 Å². The van der Waals surface area contributed by atoms with Crippen molar-refractivity contribution in [1.82, 2.24) is 9.88 Å². The van der Waals surface area contributed by atoms with Crippen molar-refractivity contribution in [2.45, 2.75) is 26.2 Å². The fourth-order valence-corrected chi connectivity index (χ4v) is 6.77. The largest absolute Gasteiger partial charge is 0.493 e. The number of methoxy groups -OCH3 is 1. The van der Waals surface area contributed by atoms with E-state index >= 15 is 0 Å². The molecule has 0 aliphatic carbocycles. The van der Waals surface area contributed by atoms with Gasteiger partial charge in [0.05, 0.1) is 24.3 Å². The summed E-state index contributed by atoms with van der Waals surface area (Å²) in [7, 11) is -1.24. The van der Waals surface area contributed by atoms with Crippen molar-refractivity contribution in [3.8, 4) is 11.5 Å². The Balaban J connectivity index is 1.35. The summed E-state index contributed by atoms with van der Waals surface area (Å²) in [5, 5.41) is 0.911. The highest BCUT2D eigenvalue weighted by Crippen LogP contribution is 2.41. The van der Waals surface area contributed by atoms with Gasteiger partial charge in [0.2, 0.25) is 0 Å². The molecule has 8 heteroatoms. The zero-order valence-corrected chi connectivity index (χ0v) is 17.8. The van der Waals surface area contributed by atoms with Crippen molar-refractivity contribution in [3.63, 3.8) is 0 Å². The Morgan fingerprint density at radius 1 is 1.17 bits per heavy atom. The van der Waals surface area contributed by atoms with Gasteiger partial charge in [0.15, 0.2) is 27.1 Å². The van der Waals surface area contributed by atoms with Crippen LogP contribution in [0.25, 0.3) is 10.9 Å². The predicted octanol–water partition coefficient (Wildman–Crippen LogP) is 2.66. The summed E-state index contributed by atoms with van der Waals surface area (Å²) in [4.78, 5) is 17.0. The van der Waals surface area contributed by atoms with E-state index in [0.717, 1.165) is 49.8 Å². The third kappa shape index (κ3) is 4.28. The van der Waals surface area contributed by atoms with Crippen LogP contribution < -0.4 is 9.47 Å². The Morgan fingerprint density at radius 3 is 2.55 bits per heavy atom. The first kappa shape index (κ1) is 20.2. The molecule has 2 aliphatic heterocycles. The zero-order valence-electron chi connectivity index (χ0n) is 17.0. The molecule has 1 N–H and O–H groups in total. The number of aromatic amines is 1. The lowest BCUT2D eigenvalue weighted by atomic mass is 9.78. The average Bonchev–Trinajstić information content (AvgIpc) is 3.23. The highest BCUT2D eigenvalue weighted by Gasteiger charge is 2.43. The maximum Gasteiger partial charge on any atom is 0.175 e. The van der Waals surface area contributed by atoms with Crippen LogP contribution in [0.1, 0.15) is 36.7 Å². The molecule has 0 unspecified atom stereocenters. The monoisotopic (exact) mass is 420 g/mol. The Labute approximate surface area is 171 Å². The zero-order chi connectivity index (χ0) is 20.6. The SMILES string of the molecule is COc1cc2[nH]c(C(C)=O)cc2cc1OCCN1CCC2(CC1)CCS(=O)(=O)C2. The molecule has 29 heavy (non-hydrogen) atoms. The minimum atomic E-state index is -2.83. The fourth-order valence-electron chi connectivity index (χ4n) is 4.51. The number of ether oxygens (including phenoxy) is 2. The van der Waals surface area contributed by atoms with Gasteiger partial charge in [-0.15, -0.1) is 0 Å². The smallest absolute Gasteiger partial charge is 0.175 e. The van der Waals surface area contributed by atoms with Crippen LogP contribution in [0.3, 0.4) is 0 Å². The number of fused-ring (bicyclic) bond motifs is 1. The van der Waals surface area contributed by atoms with Crippen LogP contribution in [0.4, 0.5) is 0 Å². The third-order valence-electron chi connectivity index (χ3n) is 6.34. The number of sulfone groups is 1. The molecule has 0 amide bonds. The lowest BCUT2D eigenvalue weighted by Crippen LogP contribution is -2.42. The highest BCUT2D eigenvalue weighted by molar-refractivity contribution is 7.91. The number of nitrogens with one attached hydrogen (secondary N) is 1. The van der Waals surface area contributed by atoms with Crippen LogP contribution in [-0.2, 0) is 9.84 Å². The summed E-state index contributed by atoms with van der Waals surface area (Å²) in [6.07, 6.45) is 2.70. The quantitative estimate of drug-likeness (QED) is 0.723. The lowest BCUT2D eigenvalue weighted by Gasteiger charge is -2.38. The summed E-state index contributed by atoms with van der Waals surface area (Å²) in [5.74, 6) is 1.98. The number of likely N-dealkylation sites (tertiary alicyclic amines) is 1. The van der Waals surface area contributed by atoms with E-state index in [1.54, 1.807) is 7.11 Å². The molecule has 1 aromatic heterocycles. The third-order valence-corrected chi connectivity index (χ3v) is 8.21. The number of hydrogen-bond donors (Lipinski definition) is 1. The molecule has 7 nitrogen and oxygen atoms in total. The van der Waals surface area contributed by atoms with Crippen LogP contribution in [0, 0.1) is 5.41 Å². The molecule has 3 heterocycles. The molecule has 0 atom stereocenters. The molecule has 2 aliphatic rings. The fraction of sp³-hybridized carbons (Fsp3) is 0.571. The average molecular weight is 421 g/mol. The lowest BCUT2D eigenvalue weighted by molar-refractivity contribution is 0.101. The number of benzene rings is 1. The molecule has 0 bridgehead atoms. The van der Waals surface area contributed by atoms with E-state index in [9.17, 15) is 13.2 Å². The molecule has 158 valence electrons. The number of aromatic nitrogens is 1. The number of H-pyrrole nitrogens is 1. The standard InChI is InChI=1S/C21H28N2O5S/c1-15(24)17-11-16-12-20(19(27-2)13-18(16)22-17)28-9-8-23-6-3-21(4-7-23)5-10-29(25,26)14-21/h11-13,22H,3-10,14H2,1-2H3. The minimum absolute atomic E-state index is 0.00709. The van der Waals surface area contributed by atoms with Gasteiger partial charge in [0.1, 0.15) is 6.61 Å². The number of piperidine rings is 1. The normalized spacial score (nSPS) is 20.9. The van der Waals surface area contributed by atoms with Crippen molar-refractivity contribution in [1.29, 1.82) is 0 Å². The topological polar surface area (TPSA) is 88.7 Å². The van der Waals surface area contributed by atoms with Gasteiger partial charge in [0, 0.05) is 30.4 Å². The Bertz CT molecular complexity index is 1020. The molecule has 0 saturated carbocycles. The first-order valence-corrected chi connectivity index (χ1v) is 11.9.